The van der Waals surface area contributed by atoms with Gasteiger partial charge in [0.25, 0.3) is 0 Å². The van der Waals surface area contributed by atoms with Crippen LogP contribution >= 0.6 is 24.0 Å². The average Bonchev–Trinajstić information content (AvgIpc) is 3.22. The first kappa shape index (κ1) is 21.2. The lowest BCUT2D eigenvalue weighted by Gasteiger charge is -2.12. The third-order valence-corrected chi connectivity index (χ3v) is 4.30. The molecule has 0 saturated heterocycles. The Kier molecular flexibility index (Phi) is 7.64. The van der Waals surface area contributed by atoms with Gasteiger partial charge in [-0.15, -0.1) is 24.0 Å². The zero-order valence-corrected chi connectivity index (χ0v) is 18.5. The van der Waals surface area contributed by atoms with Crippen LogP contribution < -0.4 is 10.6 Å². The molecule has 0 aliphatic heterocycles. The molecule has 2 heterocycles. The molecule has 146 valence electrons. The summed E-state index contributed by atoms with van der Waals surface area (Å²) in [4.78, 5) is 8.85. The summed E-state index contributed by atoms with van der Waals surface area (Å²) in [6, 6.07) is 10.2. The molecule has 3 aromatic rings. The van der Waals surface area contributed by atoms with E-state index in [1.54, 1.807) is 7.05 Å². The molecule has 0 fully saturated rings. The van der Waals surface area contributed by atoms with E-state index in [0.717, 1.165) is 47.4 Å². The molecule has 0 aliphatic rings. The van der Waals surface area contributed by atoms with Crippen LogP contribution in [0.3, 0.4) is 0 Å². The van der Waals surface area contributed by atoms with Gasteiger partial charge < -0.3 is 19.7 Å². The molecule has 0 unspecified atom stereocenters. The van der Waals surface area contributed by atoms with E-state index < -0.39 is 0 Å². The maximum absolute atomic E-state index is 5.34. The zero-order chi connectivity index (χ0) is 18.5. The molecule has 0 radical (unpaired) electrons. The molecule has 8 heteroatoms. The number of fused-ring (bicyclic) bond motifs is 1. The lowest BCUT2D eigenvalue weighted by Crippen LogP contribution is -2.38. The monoisotopic (exact) mass is 482 g/mol. The third kappa shape index (κ3) is 5.21. The standard InChI is InChI=1S/C19H26N6O.HI/c1-13(2)17-11-15(26-24-17)12-22-19(20-4)21-9-10-25-14(3)23-16-7-5-6-8-18(16)25;/h5-8,11,13H,9-10,12H2,1-4H3,(H2,20,21,22);1H. The highest BCUT2D eigenvalue weighted by Crippen LogP contribution is 2.15. The van der Waals surface area contributed by atoms with Crippen LogP contribution in [0, 0.1) is 6.92 Å². The van der Waals surface area contributed by atoms with Crippen molar-refractivity contribution in [3.05, 3.63) is 47.6 Å². The van der Waals surface area contributed by atoms with Crippen molar-refractivity contribution in [3.8, 4) is 0 Å². The van der Waals surface area contributed by atoms with Crippen LogP contribution in [0.5, 0.6) is 0 Å². The lowest BCUT2D eigenvalue weighted by atomic mass is 10.1. The van der Waals surface area contributed by atoms with E-state index in [4.69, 9.17) is 4.52 Å². The van der Waals surface area contributed by atoms with Gasteiger partial charge in [-0.25, -0.2) is 4.98 Å². The fraction of sp³-hybridized carbons (Fsp3) is 0.421. The van der Waals surface area contributed by atoms with Crippen LogP contribution in [0.1, 0.15) is 37.0 Å². The fourth-order valence-corrected chi connectivity index (χ4v) is 2.84. The van der Waals surface area contributed by atoms with E-state index in [0.29, 0.717) is 12.5 Å². The van der Waals surface area contributed by atoms with Gasteiger partial charge in [-0.3, -0.25) is 4.99 Å². The molecule has 2 aromatic heterocycles. The van der Waals surface area contributed by atoms with Gasteiger partial charge in [-0.1, -0.05) is 31.1 Å². The minimum absolute atomic E-state index is 0. The van der Waals surface area contributed by atoms with Gasteiger partial charge >= 0.3 is 0 Å². The lowest BCUT2D eigenvalue weighted by molar-refractivity contribution is 0.372. The Bertz CT molecular complexity index is 899. The number of para-hydroxylation sites is 2. The number of nitrogens with zero attached hydrogens (tertiary/aromatic N) is 4. The molecule has 0 aliphatic carbocycles. The first-order valence-corrected chi connectivity index (χ1v) is 8.90. The molecule has 1 aromatic carbocycles. The van der Waals surface area contributed by atoms with Gasteiger partial charge in [0.2, 0.25) is 0 Å². The third-order valence-electron chi connectivity index (χ3n) is 4.30. The summed E-state index contributed by atoms with van der Waals surface area (Å²) in [6.45, 7) is 8.33. The summed E-state index contributed by atoms with van der Waals surface area (Å²) in [6.07, 6.45) is 0. The van der Waals surface area contributed by atoms with Crippen molar-refractivity contribution >= 4 is 41.0 Å². The van der Waals surface area contributed by atoms with Gasteiger partial charge in [0.15, 0.2) is 11.7 Å². The number of hydrogen-bond donors (Lipinski definition) is 2. The van der Waals surface area contributed by atoms with Gasteiger partial charge in [-0.05, 0) is 25.0 Å². The SMILES string of the molecule is CN=C(NCCn1c(C)nc2ccccc21)NCc1cc(C(C)C)no1.I. The highest BCUT2D eigenvalue weighted by atomic mass is 127. The molecule has 0 spiro atoms. The predicted octanol–water partition coefficient (Wildman–Crippen LogP) is 3.44. The van der Waals surface area contributed by atoms with Gasteiger partial charge in [0.05, 0.1) is 23.3 Å². The number of guanidine groups is 1. The zero-order valence-electron chi connectivity index (χ0n) is 16.2. The minimum Gasteiger partial charge on any atom is -0.359 e. The largest absolute Gasteiger partial charge is 0.359 e. The van der Waals surface area contributed by atoms with Crippen molar-refractivity contribution in [1.82, 2.24) is 25.3 Å². The Morgan fingerprint density at radius 3 is 2.74 bits per heavy atom. The maximum atomic E-state index is 5.34. The summed E-state index contributed by atoms with van der Waals surface area (Å²) in [5, 5.41) is 10.6. The second-order valence-electron chi connectivity index (χ2n) is 6.52. The average molecular weight is 482 g/mol. The van der Waals surface area contributed by atoms with Crippen LogP contribution in [0.25, 0.3) is 11.0 Å². The topological polar surface area (TPSA) is 80.3 Å². The fourth-order valence-electron chi connectivity index (χ4n) is 2.84. The number of aryl methyl sites for hydroxylation is 1. The molecule has 0 atom stereocenters. The second kappa shape index (κ2) is 9.72. The van der Waals surface area contributed by atoms with E-state index in [-0.39, 0.29) is 24.0 Å². The van der Waals surface area contributed by atoms with E-state index in [1.807, 2.05) is 31.2 Å². The highest BCUT2D eigenvalue weighted by molar-refractivity contribution is 14.0. The van der Waals surface area contributed by atoms with Crippen LogP contribution in [0.2, 0.25) is 0 Å². The van der Waals surface area contributed by atoms with Crippen LogP contribution in [-0.2, 0) is 13.1 Å². The van der Waals surface area contributed by atoms with Crippen molar-refractivity contribution in [1.29, 1.82) is 0 Å². The number of imidazole rings is 1. The number of benzene rings is 1. The maximum Gasteiger partial charge on any atom is 0.191 e. The second-order valence-corrected chi connectivity index (χ2v) is 6.52. The Morgan fingerprint density at radius 1 is 1.26 bits per heavy atom. The first-order chi connectivity index (χ1) is 12.6. The van der Waals surface area contributed by atoms with Gasteiger partial charge in [-0.2, -0.15) is 0 Å². The minimum atomic E-state index is 0. The van der Waals surface area contributed by atoms with Crippen LogP contribution in [-0.4, -0.2) is 34.3 Å². The molecule has 3 rings (SSSR count). The molecule has 0 saturated carbocycles. The van der Waals surface area contributed by atoms with Crippen molar-refractivity contribution < 1.29 is 4.52 Å². The molecule has 27 heavy (non-hydrogen) atoms. The van der Waals surface area contributed by atoms with Crippen molar-refractivity contribution in [2.24, 2.45) is 4.99 Å². The molecule has 7 nitrogen and oxygen atoms in total. The summed E-state index contributed by atoms with van der Waals surface area (Å²) in [5.74, 6) is 2.90. The van der Waals surface area contributed by atoms with Crippen molar-refractivity contribution in [2.75, 3.05) is 13.6 Å². The van der Waals surface area contributed by atoms with E-state index in [1.165, 1.54) is 0 Å². The number of rotatable bonds is 6. The molecular formula is C19H27IN6O. The molecule has 0 bridgehead atoms. The number of hydrogen-bond acceptors (Lipinski definition) is 4. The van der Waals surface area contributed by atoms with Crippen molar-refractivity contribution in [2.45, 2.75) is 39.8 Å². The number of halogens is 1. The molecule has 2 N–H and O–H groups in total. The Hall–Kier alpha value is -2.10. The summed E-state index contributed by atoms with van der Waals surface area (Å²) >= 11 is 0. The summed E-state index contributed by atoms with van der Waals surface area (Å²) < 4.78 is 7.55. The van der Waals surface area contributed by atoms with Gasteiger partial charge in [0, 0.05) is 26.2 Å². The Labute approximate surface area is 176 Å². The molecular weight excluding hydrogens is 455 g/mol. The smallest absolute Gasteiger partial charge is 0.191 e. The number of aromatic nitrogens is 3. The van der Waals surface area contributed by atoms with Crippen LogP contribution in [0.4, 0.5) is 0 Å². The molecule has 0 amide bonds. The number of aliphatic imine (C=N–C) groups is 1. The van der Waals surface area contributed by atoms with E-state index in [2.05, 4.69) is 50.2 Å². The van der Waals surface area contributed by atoms with Crippen molar-refractivity contribution in [3.63, 3.8) is 0 Å². The summed E-state index contributed by atoms with van der Waals surface area (Å²) in [5.41, 5.74) is 3.14. The highest BCUT2D eigenvalue weighted by Gasteiger charge is 2.09. The summed E-state index contributed by atoms with van der Waals surface area (Å²) in [7, 11) is 1.76. The normalized spacial score (nSPS) is 11.7. The van der Waals surface area contributed by atoms with E-state index in [9.17, 15) is 0 Å². The van der Waals surface area contributed by atoms with Gasteiger partial charge in [0.1, 0.15) is 5.82 Å². The Morgan fingerprint density at radius 2 is 2.04 bits per heavy atom. The Balaban J connectivity index is 0.00000261. The first-order valence-electron chi connectivity index (χ1n) is 8.90. The predicted molar refractivity (Wildman–Crippen MR) is 119 cm³/mol. The van der Waals surface area contributed by atoms with Crippen LogP contribution in [0.15, 0.2) is 39.8 Å². The number of nitrogens with one attached hydrogen (secondary N) is 2. The van der Waals surface area contributed by atoms with E-state index >= 15 is 0 Å². The quantitative estimate of drug-likeness (QED) is 0.320.